The summed E-state index contributed by atoms with van der Waals surface area (Å²) < 4.78 is 0. The van der Waals surface area contributed by atoms with Gasteiger partial charge in [-0.3, -0.25) is 10.1 Å². The fourth-order valence-electron chi connectivity index (χ4n) is 0.975. The Morgan fingerprint density at radius 1 is 1.33 bits per heavy atom. The standard InChI is InChI=1S/C9H11NO2/c1-8-2-4-9(5-3-8)6-7-10(11)12/h2-5H,6-7H2,1H3. The van der Waals surface area contributed by atoms with E-state index >= 15 is 0 Å². The minimum Gasteiger partial charge on any atom is -0.265 e. The van der Waals surface area contributed by atoms with Gasteiger partial charge in [0.05, 0.1) is 0 Å². The van der Waals surface area contributed by atoms with Crippen LogP contribution in [0.2, 0.25) is 0 Å². The Labute approximate surface area is 71.2 Å². The molecule has 0 bridgehead atoms. The third-order valence-electron chi connectivity index (χ3n) is 1.70. The van der Waals surface area contributed by atoms with Crippen LogP contribution in [0.3, 0.4) is 0 Å². The Hall–Kier alpha value is -1.38. The maximum absolute atomic E-state index is 10.0. The van der Waals surface area contributed by atoms with Crippen LogP contribution in [-0.4, -0.2) is 11.5 Å². The van der Waals surface area contributed by atoms with E-state index in [2.05, 4.69) is 0 Å². The Morgan fingerprint density at radius 2 is 1.92 bits per heavy atom. The quantitative estimate of drug-likeness (QED) is 0.506. The van der Waals surface area contributed by atoms with E-state index in [4.69, 9.17) is 0 Å². The number of rotatable bonds is 3. The monoisotopic (exact) mass is 165 g/mol. The summed E-state index contributed by atoms with van der Waals surface area (Å²) in [5, 5.41) is 10.0. The normalized spacial score (nSPS) is 9.75. The highest BCUT2D eigenvalue weighted by Gasteiger charge is 1.98. The molecular weight excluding hydrogens is 154 g/mol. The largest absolute Gasteiger partial charge is 0.265 e. The zero-order valence-corrected chi connectivity index (χ0v) is 6.99. The molecule has 0 aliphatic heterocycles. The predicted molar refractivity (Wildman–Crippen MR) is 46.7 cm³/mol. The third-order valence-corrected chi connectivity index (χ3v) is 1.70. The SMILES string of the molecule is Cc1ccc(CC[N+](=O)[O-])cc1. The Morgan fingerprint density at radius 3 is 2.42 bits per heavy atom. The molecule has 1 aromatic carbocycles. The van der Waals surface area contributed by atoms with Crippen molar-refractivity contribution in [1.29, 1.82) is 0 Å². The van der Waals surface area contributed by atoms with Gasteiger partial charge in [0.2, 0.25) is 6.54 Å². The van der Waals surface area contributed by atoms with Crippen LogP contribution in [0.15, 0.2) is 24.3 Å². The molecular formula is C9H11NO2. The summed E-state index contributed by atoms with van der Waals surface area (Å²) in [4.78, 5) is 9.75. The molecule has 0 fully saturated rings. The van der Waals surface area contributed by atoms with Crippen LogP contribution in [0.4, 0.5) is 0 Å². The van der Waals surface area contributed by atoms with Gasteiger partial charge in [-0.25, -0.2) is 0 Å². The topological polar surface area (TPSA) is 43.1 Å². The zero-order valence-electron chi connectivity index (χ0n) is 6.99. The molecule has 0 aromatic heterocycles. The first-order chi connectivity index (χ1) is 5.68. The molecule has 0 N–H and O–H groups in total. The van der Waals surface area contributed by atoms with E-state index < -0.39 is 0 Å². The summed E-state index contributed by atoms with van der Waals surface area (Å²) in [6, 6.07) is 7.79. The number of hydrogen-bond acceptors (Lipinski definition) is 2. The third kappa shape index (κ3) is 2.70. The maximum atomic E-state index is 10.0. The lowest BCUT2D eigenvalue weighted by molar-refractivity contribution is -0.479. The Balaban J connectivity index is 2.53. The summed E-state index contributed by atoms with van der Waals surface area (Å²) >= 11 is 0. The van der Waals surface area contributed by atoms with Crippen LogP contribution in [-0.2, 0) is 6.42 Å². The first-order valence-corrected chi connectivity index (χ1v) is 3.86. The molecule has 0 saturated carbocycles. The van der Waals surface area contributed by atoms with Crippen molar-refractivity contribution in [2.24, 2.45) is 0 Å². The highest BCUT2D eigenvalue weighted by molar-refractivity contribution is 5.21. The second-order valence-electron chi connectivity index (χ2n) is 2.79. The summed E-state index contributed by atoms with van der Waals surface area (Å²) in [5.41, 5.74) is 2.21. The van der Waals surface area contributed by atoms with Gasteiger partial charge in [0.1, 0.15) is 0 Å². The second-order valence-corrected chi connectivity index (χ2v) is 2.79. The van der Waals surface area contributed by atoms with Crippen molar-refractivity contribution < 1.29 is 4.92 Å². The van der Waals surface area contributed by atoms with Gasteiger partial charge >= 0.3 is 0 Å². The van der Waals surface area contributed by atoms with E-state index in [9.17, 15) is 10.1 Å². The number of hydrogen-bond donors (Lipinski definition) is 0. The van der Waals surface area contributed by atoms with E-state index in [1.807, 2.05) is 31.2 Å². The maximum Gasteiger partial charge on any atom is 0.207 e. The average molecular weight is 165 g/mol. The van der Waals surface area contributed by atoms with Crippen molar-refractivity contribution >= 4 is 0 Å². The number of benzene rings is 1. The van der Waals surface area contributed by atoms with Crippen molar-refractivity contribution in [2.45, 2.75) is 13.3 Å². The molecule has 12 heavy (non-hydrogen) atoms. The lowest BCUT2D eigenvalue weighted by atomic mass is 10.1. The average Bonchev–Trinajstić information content (AvgIpc) is 2.03. The fraction of sp³-hybridized carbons (Fsp3) is 0.333. The highest BCUT2D eigenvalue weighted by atomic mass is 16.6. The molecule has 64 valence electrons. The van der Waals surface area contributed by atoms with Crippen LogP contribution >= 0.6 is 0 Å². The smallest absolute Gasteiger partial charge is 0.207 e. The molecule has 0 aliphatic rings. The molecule has 3 heteroatoms. The van der Waals surface area contributed by atoms with Gasteiger partial charge in [-0.15, -0.1) is 0 Å². The molecule has 0 saturated heterocycles. The molecule has 1 rings (SSSR count). The van der Waals surface area contributed by atoms with Crippen LogP contribution in [0, 0.1) is 17.0 Å². The summed E-state index contributed by atoms with van der Waals surface area (Å²) in [5.74, 6) is 0. The molecule has 3 nitrogen and oxygen atoms in total. The van der Waals surface area contributed by atoms with Crippen molar-refractivity contribution in [3.63, 3.8) is 0 Å². The van der Waals surface area contributed by atoms with Gasteiger partial charge in [0.15, 0.2) is 0 Å². The van der Waals surface area contributed by atoms with Gasteiger partial charge in [0, 0.05) is 11.3 Å². The second kappa shape index (κ2) is 3.85. The molecule has 0 heterocycles. The molecule has 0 spiro atoms. The van der Waals surface area contributed by atoms with Crippen LogP contribution in [0.5, 0.6) is 0 Å². The Kier molecular flexibility index (Phi) is 2.80. The summed E-state index contributed by atoms with van der Waals surface area (Å²) in [7, 11) is 0. The van der Waals surface area contributed by atoms with E-state index in [-0.39, 0.29) is 11.5 Å². The first-order valence-electron chi connectivity index (χ1n) is 3.86. The predicted octanol–water partition coefficient (Wildman–Crippen LogP) is 1.81. The van der Waals surface area contributed by atoms with Crippen molar-refractivity contribution in [1.82, 2.24) is 0 Å². The van der Waals surface area contributed by atoms with Crippen LogP contribution in [0.25, 0.3) is 0 Å². The molecule has 1 aromatic rings. The summed E-state index contributed by atoms with van der Waals surface area (Å²) in [6.45, 7) is 2.01. The lowest BCUT2D eigenvalue weighted by Gasteiger charge is -1.97. The zero-order chi connectivity index (χ0) is 8.97. The van der Waals surface area contributed by atoms with Gasteiger partial charge < -0.3 is 0 Å². The Bertz CT molecular complexity index is 266. The highest BCUT2D eigenvalue weighted by Crippen LogP contribution is 2.03. The van der Waals surface area contributed by atoms with Crippen molar-refractivity contribution in [2.75, 3.05) is 6.54 Å². The minimum atomic E-state index is -0.292. The fourth-order valence-corrected chi connectivity index (χ4v) is 0.975. The van der Waals surface area contributed by atoms with Crippen molar-refractivity contribution in [3.05, 3.63) is 45.5 Å². The van der Waals surface area contributed by atoms with E-state index in [1.165, 1.54) is 5.56 Å². The number of nitrogens with zero attached hydrogens (tertiary/aromatic N) is 1. The van der Waals surface area contributed by atoms with Crippen LogP contribution < -0.4 is 0 Å². The van der Waals surface area contributed by atoms with Gasteiger partial charge in [-0.05, 0) is 12.5 Å². The lowest BCUT2D eigenvalue weighted by Crippen LogP contribution is -2.03. The van der Waals surface area contributed by atoms with E-state index in [1.54, 1.807) is 0 Å². The van der Waals surface area contributed by atoms with Gasteiger partial charge in [0.25, 0.3) is 0 Å². The first kappa shape index (κ1) is 8.71. The molecule has 0 aliphatic carbocycles. The number of aryl methyl sites for hydroxylation is 1. The molecule has 0 radical (unpaired) electrons. The van der Waals surface area contributed by atoms with Crippen LogP contribution in [0.1, 0.15) is 11.1 Å². The molecule has 0 unspecified atom stereocenters. The number of nitro groups is 1. The van der Waals surface area contributed by atoms with Crippen molar-refractivity contribution in [3.8, 4) is 0 Å². The van der Waals surface area contributed by atoms with Gasteiger partial charge in [-0.1, -0.05) is 29.8 Å². The molecule has 0 amide bonds. The van der Waals surface area contributed by atoms with Gasteiger partial charge in [-0.2, -0.15) is 0 Å². The van der Waals surface area contributed by atoms with E-state index in [0.717, 1.165) is 5.56 Å². The molecule has 0 atom stereocenters. The summed E-state index contributed by atoms with van der Waals surface area (Å²) in [6.07, 6.45) is 0.521. The van der Waals surface area contributed by atoms with E-state index in [0.29, 0.717) is 6.42 Å². The minimum absolute atomic E-state index is 0.0169.